The van der Waals surface area contributed by atoms with E-state index in [4.69, 9.17) is 16.3 Å². The number of hydrogen-bond acceptors (Lipinski definition) is 3. The quantitative estimate of drug-likeness (QED) is 0.407. The summed E-state index contributed by atoms with van der Waals surface area (Å²) in [5, 5.41) is 0.641. The highest BCUT2D eigenvalue weighted by atomic mass is 35.5. The highest BCUT2D eigenvalue weighted by Crippen LogP contribution is 2.36. The molecule has 182 valence electrons. The monoisotopic (exact) mass is 490 g/mol. The van der Waals surface area contributed by atoms with Gasteiger partial charge in [0.25, 0.3) is 5.91 Å². The smallest absolute Gasteiger partial charge is 0.253 e. The molecule has 0 unspecified atom stereocenters. The first-order valence-electron chi connectivity index (χ1n) is 11.9. The summed E-state index contributed by atoms with van der Waals surface area (Å²) in [6, 6.07) is 26.5. The van der Waals surface area contributed by atoms with Gasteiger partial charge < -0.3 is 14.5 Å². The maximum atomic E-state index is 13.4. The lowest BCUT2D eigenvalue weighted by atomic mass is 9.77. The topological polar surface area (TPSA) is 49.9 Å². The number of likely N-dealkylation sites (tertiary alicyclic amines) is 1. The van der Waals surface area contributed by atoms with Crippen LogP contribution in [0.2, 0.25) is 5.02 Å². The number of rotatable bonds is 8. The molecule has 1 aliphatic rings. The zero-order valence-corrected chi connectivity index (χ0v) is 20.8. The van der Waals surface area contributed by atoms with Crippen LogP contribution in [0.5, 0.6) is 5.75 Å². The molecule has 2 amide bonds. The van der Waals surface area contributed by atoms with Crippen molar-refractivity contribution >= 4 is 23.4 Å². The standard InChI is InChI=1S/C29H31ClN2O3/c1-31(20-23-9-4-2-5-10-23)27(33)19-29(22-35-26-15-13-25(30)14-16-26)17-8-18-32(21-29)28(34)24-11-6-3-7-12-24/h2-7,9-16H,8,17-22H2,1H3/t29-/m1/s1. The van der Waals surface area contributed by atoms with E-state index in [2.05, 4.69) is 0 Å². The number of piperidine rings is 1. The van der Waals surface area contributed by atoms with Gasteiger partial charge in [0.15, 0.2) is 0 Å². The second-order valence-corrected chi connectivity index (χ2v) is 9.79. The van der Waals surface area contributed by atoms with Gasteiger partial charge >= 0.3 is 0 Å². The van der Waals surface area contributed by atoms with E-state index in [0.717, 1.165) is 18.4 Å². The second-order valence-electron chi connectivity index (χ2n) is 9.35. The Morgan fingerprint density at radius 3 is 2.31 bits per heavy atom. The predicted molar refractivity (Wildman–Crippen MR) is 138 cm³/mol. The number of carbonyl (C=O) groups is 2. The van der Waals surface area contributed by atoms with E-state index in [1.165, 1.54) is 0 Å². The first-order valence-corrected chi connectivity index (χ1v) is 12.3. The van der Waals surface area contributed by atoms with Gasteiger partial charge in [-0.1, -0.05) is 60.1 Å². The van der Waals surface area contributed by atoms with Crippen LogP contribution < -0.4 is 4.74 Å². The number of ether oxygens (including phenoxy) is 1. The summed E-state index contributed by atoms with van der Waals surface area (Å²) < 4.78 is 6.17. The van der Waals surface area contributed by atoms with Gasteiger partial charge in [0, 0.05) is 49.1 Å². The van der Waals surface area contributed by atoms with Crippen molar-refractivity contribution in [3.8, 4) is 5.75 Å². The summed E-state index contributed by atoms with van der Waals surface area (Å²) in [6.07, 6.45) is 1.94. The van der Waals surface area contributed by atoms with Gasteiger partial charge in [0.1, 0.15) is 5.75 Å². The largest absolute Gasteiger partial charge is 0.493 e. The van der Waals surface area contributed by atoms with E-state index in [-0.39, 0.29) is 11.8 Å². The molecule has 4 rings (SSSR count). The van der Waals surface area contributed by atoms with Crippen LogP contribution >= 0.6 is 11.6 Å². The van der Waals surface area contributed by atoms with Gasteiger partial charge in [-0.15, -0.1) is 0 Å². The fourth-order valence-electron chi connectivity index (χ4n) is 4.63. The summed E-state index contributed by atoms with van der Waals surface area (Å²) in [6.45, 7) is 2.03. The zero-order chi connectivity index (χ0) is 24.7. The van der Waals surface area contributed by atoms with Crippen LogP contribution in [0.25, 0.3) is 0 Å². The molecule has 1 aliphatic heterocycles. The van der Waals surface area contributed by atoms with Crippen molar-refractivity contribution < 1.29 is 14.3 Å². The van der Waals surface area contributed by atoms with E-state index in [9.17, 15) is 9.59 Å². The van der Waals surface area contributed by atoms with Crippen LogP contribution in [0, 0.1) is 5.41 Å². The Bertz CT molecular complexity index is 1120. The van der Waals surface area contributed by atoms with E-state index >= 15 is 0 Å². The molecular formula is C29H31ClN2O3. The molecule has 35 heavy (non-hydrogen) atoms. The van der Waals surface area contributed by atoms with Crippen molar-refractivity contribution in [3.05, 3.63) is 101 Å². The molecule has 3 aromatic rings. The molecule has 6 heteroatoms. The number of carbonyl (C=O) groups excluding carboxylic acids is 2. The minimum atomic E-state index is -0.482. The highest BCUT2D eigenvalue weighted by Gasteiger charge is 2.40. The van der Waals surface area contributed by atoms with Gasteiger partial charge in [-0.3, -0.25) is 9.59 Å². The molecule has 1 saturated heterocycles. The average Bonchev–Trinajstić information content (AvgIpc) is 2.89. The molecule has 0 spiro atoms. The molecule has 0 saturated carbocycles. The summed E-state index contributed by atoms with van der Waals surface area (Å²) in [7, 11) is 1.83. The molecule has 5 nitrogen and oxygen atoms in total. The van der Waals surface area contributed by atoms with Crippen molar-refractivity contribution in [3.63, 3.8) is 0 Å². The Morgan fingerprint density at radius 2 is 1.63 bits per heavy atom. The lowest BCUT2D eigenvalue weighted by Gasteiger charge is -2.43. The molecule has 0 radical (unpaired) electrons. The van der Waals surface area contributed by atoms with Crippen molar-refractivity contribution in [1.29, 1.82) is 0 Å². The normalized spacial score (nSPS) is 17.6. The molecule has 1 atom stereocenters. The van der Waals surface area contributed by atoms with Crippen LogP contribution in [0.3, 0.4) is 0 Å². The third-order valence-corrected chi connectivity index (χ3v) is 6.79. The molecule has 0 aromatic heterocycles. The Morgan fingerprint density at radius 1 is 0.971 bits per heavy atom. The minimum absolute atomic E-state index is 0.00810. The minimum Gasteiger partial charge on any atom is -0.493 e. The van der Waals surface area contributed by atoms with Crippen molar-refractivity contribution in [2.45, 2.75) is 25.8 Å². The van der Waals surface area contributed by atoms with Gasteiger partial charge in [-0.25, -0.2) is 0 Å². The molecule has 1 fully saturated rings. The highest BCUT2D eigenvalue weighted by molar-refractivity contribution is 6.30. The first kappa shape index (κ1) is 24.8. The Kier molecular flexibility index (Phi) is 8.09. The summed E-state index contributed by atoms with van der Waals surface area (Å²) in [5.41, 5.74) is 1.26. The maximum absolute atomic E-state index is 13.4. The van der Waals surface area contributed by atoms with Gasteiger partial charge in [-0.2, -0.15) is 0 Å². The van der Waals surface area contributed by atoms with E-state index in [0.29, 0.717) is 49.0 Å². The summed E-state index contributed by atoms with van der Waals surface area (Å²) >= 11 is 6.02. The predicted octanol–water partition coefficient (Wildman–Crippen LogP) is 5.69. The number of amides is 2. The molecule has 0 aliphatic carbocycles. The van der Waals surface area contributed by atoms with E-state index in [1.807, 2.05) is 84.7 Å². The molecule has 3 aromatic carbocycles. The Labute approximate surface area is 212 Å². The van der Waals surface area contributed by atoms with E-state index in [1.54, 1.807) is 17.0 Å². The molecular weight excluding hydrogens is 460 g/mol. The van der Waals surface area contributed by atoms with Gasteiger partial charge in [0.05, 0.1) is 6.61 Å². The van der Waals surface area contributed by atoms with Crippen LogP contribution in [0.4, 0.5) is 0 Å². The number of hydrogen-bond donors (Lipinski definition) is 0. The fraction of sp³-hybridized carbons (Fsp3) is 0.310. The van der Waals surface area contributed by atoms with Crippen LogP contribution in [0.1, 0.15) is 35.2 Å². The summed E-state index contributed by atoms with van der Waals surface area (Å²) in [5.74, 6) is 0.735. The number of benzene rings is 3. The Balaban J connectivity index is 1.51. The molecule has 0 N–H and O–H groups in total. The maximum Gasteiger partial charge on any atom is 0.253 e. The molecule has 1 heterocycles. The van der Waals surface area contributed by atoms with E-state index < -0.39 is 5.41 Å². The second kappa shape index (κ2) is 11.4. The van der Waals surface area contributed by atoms with Crippen molar-refractivity contribution in [2.75, 3.05) is 26.7 Å². The third kappa shape index (κ3) is 6.64. The first-order chi connectivity index (χ1) is 16.9. The third-order valence-electron chi connectivity index (χ3n) is 6.54. The van der Waals surface area contributed by atoms with Crippen LogP contribution in [-0.2, 0) is 11.3 Å². The fourth-order valence-corrected chi connectivity index (χ4v) is 4.75. The lowest BCUT2D eigenvalue weighted by Crippen LogP contribution is -2.50. The van der Waals surface area contributed by atoms with Crippen molar-refractivity contribution in [1.82, 2.24) is 9.80 Å². The Hall–Kier alpha value is -3.31. The van der Waals surface area contributed by atoms with Gasteiger partial charge in [-0.05, 0) is 54.8 Å². The number of nitrogens with zero attached hydrogens (tertiary/aromatic N) is 2. The average molecular weight is 491 g/mol. The zero-order valence-electron chi connectivity index (χ0n) is 20.0. The number of halogens is 1. The van der Waals surface area contributed by atoms with Crippen LogP contribution in [0.15, 0.2) is 84.9 Å². The summed E-state index contributed by atoms with van der Waals surface area (Å²) in [4.78, 5) is 30.2. The molecule has 0 bridgehead atoms. The SMILES string of the molecule is CN(Cc1ccccc1)C(=O)C[C@]1(COc2ccc(Cl)cc2)CCCN(C(=O)c2ccccc2)C1. The van der Waals surface area contributed by atoms with Crippen molar-refractivity contribution in [2.24, 2.45) is 5.41 Å². The van der Waals surface area contributed by atoms with Crippen LogP contribution in [-0.4, -0.2) is 48.4 Å². The van der Waals surface area contributed by atoms with Gasteiger partial charge in [0.2, 0.25) is 5.91 Å². The lowest BCUT2D eigenvalue weighted by molar-refractivity contribution is -0.134.